The highest BCUT2D eigenvalue weighted by atomic mass is 31.2. The van der Waals surface area contributed by atoms with Crippen LogP contribution in [0.2, 0.25) is 0 Å². The van der Waals surface area contributed by atoms with Crippen molar-refractivity contribution in [3.8, 4) is 0 Å². The van der Waals surface area contributed by atoms with Crippen LogP contribution in [0, 0.1) is 0 Å². The fourth-order valence-electron chi connectivity index (χ4n) is 3.01. The summed E-state index contributed by atoms with van der Waals surface area (Å²) in [6.07, 6.45) is 9.01. The molecule has 0 aliphatic rings. The van der Waals surface area contributed by atoms with Crippen molar-refractivity contribution < 1.29 is 13.2 Å². The van der Waals surface area contributed by atoms with Crippen LogP contribution >= 0.6 is 7.26 Å². The lowest BCUT2D eigenvalue weighted by Crippen LogP contribution is -2.06. The van der Waals surface area contributed by atoms with E-state index in [9.17, 15) is 13.2 Å². The van der Waals surface area contributed by atoms with E-state index in [-0.39, 0.29) is 0 Å². The van der Waals surface area contributed by atoms with Crippen molar-refractivity contribution in [1.29, 1.82) is 0 Å². The number of halogens is 3. The Balaban J connectivity index is 2.97. The van der Waals surface area contributed by atoms with E-state index < -0.39 is 19.0 Å². The predicted molar refractivity (Wildman–Crippen MR) is 107 cm³/mol. The molecule has 0 nitrogen and oxygen atoms in total. The van der Waals surface area contributed by atoms with E-state index in [4.69, 9.17) is 0 Å². The summed E-state index contributed by atoms with van der Waals surface area (Å²) in [6.45, 7) is 6.69. The Hall–Kier alpha value is -0.820. The molecule has 4 heteroatoms. The van der Waals surface area contributed by atoms with Gasteiger partial charge in [-0.3, -0.25) is 0 Å². The van der Waals surface area contributed by atoms with E-state index in [1.165, 1.54) is 69.1 Å². The van der Waals surface area contributed by atoms with Gasteiger partial charge in [0.2, 0.25) is 0 Å². The Labute approximate surface area is 152 Å². The molecule has 1 rings (SSSR count). The normalized spacial score (nSPS) is 12.9. The van der Waals surface area contributed by atoms with Crippen LogP contribution in [0.1, 0.15) is 70.4 Å². The van der Waals surface area contributed by atoms with E-state index in [1.54, 1.807) is 12.1 Å². The maximum Gasteiger partial charge on any atom is 0.416 e. The first-order chi connectivity index (χ1) is 11.9. The van der Waals surface area contributed by atoms with Crippen molar-refractivity contribution in [3.05, 3.63) is 41.2 Å². The molecule has 0 bridgehead atoms. The van der Waals surface area contributed by atoms with Crippen molar-refractivity contribution in [2.24, 2.45) is 0 Å². The maximum atomic E-state index is 12.7. The van der Waals surface area contributed by atoms with Crippen molar-refractivity contribution in [2.75, 3.05) is 18.5 Å². The van der Waals surface area contributed by atoms with Crippen LogP contribution in [0.5, 0.6) is 0 Å². The third kappa shape index (κ3) is 7.94. The van der Waals surface area contributed by atoms with Crippen LogP contribution in [0.15, 0.2) is 30.1 Å². The molecule has 1 aromatic carbocycles. The highest BCUT2D eigenvalue weighted by molar-refractivity contribution is 7.78. The Morgan fingerprint density at radius 3 is 1.60 bits per heavy atom. The van der Waals surface area contributed by atoms with Gasteiger partial charge in [-0.2, -0.15) is 13.2 Å². The fraction of sp³-hybridized carbons (Fsp3) is 0.619. The van der Waals surface area contributed by atoms with Gasteiger partial charge in [0.05, 0.1) is 29.9 Å². The van der Waals surface area contributed by atoms with Gasteiger partial charge < -0.3 is 0 Å². The molecule has 0 spiro atoms. The van der Waals surface area contributed by atoms with Crippen LogP contribution in [0.4, 0.5) is 13.2 Å². The summed E-state index contributed by atoms with van der Waals surface area (Å²) in [5.74, 6) is 2.40. The molecule has 0 N–H and O–H groups in total. The van der Waals surface area contributed by atoms with Crippen molar-refractivity contribution in [3.63, 3.8) is 0 Å². The second-order valence-electron chi connectivity index (χ2n) is 6.89. The highest BCUT2D eigenvalue weighted by Gasteiger charge is 2.33. The first-order valence-electron chi connectivity index (χ1n) is 9.59. The summed E-state index contributed by atoms with van der Waals surface area (Å²) >= 11 is 0. The Kier molecular flexibility index (Phi) is 9.79. The van der Waals surface area contributed by atoms with E-state index in [0.717, 1.165) is 5.56 Å². The molecule has 0 fully saturated rings. The molecule has 0 aromatic heterocycles. The number of unbranched alkanes of at least 4 members (excludes halogenated alkanes) is 3. The molecule has 0 saturated carbocycles. The van der Waals surface area contributed by atoms with Gasteiger partial charge in [-0.25, -0.2) is 0 Å². The molecule has 0 aliphatic heterocycles. The number of hydrogen-bond donors (Lipinski definition) is 0. The van der Waals surface area contributed by atoms with Crippen molar-refractivity contribution >= 4 is 13.3 Å². The van der Waals surface area contributed by atoms with Crippen LogP contribution in [0.3, 0.4) is 0 Å². The lowest BCUT2D eigenvalue weighted by atomic mass is 10.1. The molecule has 1 aromatic rings. The molecular formula is C21H33F3P+. The zero-order valence-corrected chi connectivity index (χ0v) is 16.8. The monoisotopic (exact) mass is 373 g/mol. The summed E-state index contributed by atoms with van der Waals surface area (Å²) in [5, 5.41) is 0. The van der Waals surface area contributed by atoms with Crippen molar-refractivity contribution in [1.82, 2.24) is 0 Å². The van der Waals surface area contributed by atoms with E-state index in [1.807, 2.05) is 0 Å². The molecule has 0 unspecified atom stereocenters. The number of benzene rings is 1. The van der Waals surface area contributed by atoms with Gasteiger partial charge in [0.25, 0.3) is 0 Å². The average molecular weight is 373 g/mol. The average Bonchev–Trinajstić information content (AvgIpc) is 2.60. The number of alkyl halides is 3. The zero-order chi connectivity index (χ0) is 18.8. The molecule has 0 amide bonds. The molecule has 0 aliphatic carbocycles. The highest BCUT2D eigenvalue weighted by Crippen LogP contribution is 2.62. The number of hydrogen-bond acceptors (Lipinski definition) is 0. The third-order valence-electron chi connectivity index (χ3n) is 4.69. The lowest BCUT2D eigenvalue weighted by Gasteiger charge is -2.24. The minimum atomic E-state index is -4.26. The largest absolute Gasteiger partial charge is 0.416 e. The van der Waals surface area contributed by atoms with Gasteiger partial charge >= 0.3 is 6.18 Å². The second-order valence-corrected chi connectivity index (χ2v) is 11.0. The maximum absolute atomic E-state index is 12.7. The summed E-state index contributed by atoms with van der Waals surface area (Å²) in [6, 6.07) is 5.55. The van der Waals surface area contributed by atoms with E-state index >= 15 is 0 Å². The quantitative estimate of drug-likeness (QED) is 0.344. The van der Waals surface area contributed by atoms with Crippen LogP contribution in [0.25, 0.3) is 6.08 Å². The smallest absolute Gasteiger partial charge is 0.166 e. The van der Waals surface area contributed by atoms with E-state index in [2.05, 4.69) is 32.7 Å². The van der Waals surface area contributed by atoms with Gasteiger partial charge in [-0.05, 0) is 43.0 Å². The SMILES string of the molecule is CCCC[P+](/C=C/c1ccc(C(F)(F)F)cc1)(CCCC)CCCC. The van der Waals surface area contributed by atoms with Gasteiger partial charge in [-0.1, -0.05) is 52.2 Å². The third-order valence-corrected chi connectivity index (χ3v) is 9.09. The summed E-state index contributed by atoms with van der Waals surface area (Å²) in [5.41, 5.74) is 0.301. The van der Waals surface area contributed by atoms with Gasteiger partial charge in [-0.15, -0.1) is 0 Å². The summed E-state index contributed by atoms with van der Waals surface area (Å²) in [7, 11) is -1.16. The van der Waals surface area contributed by atoms with Crippen LogP contribution < -0.4 is 0 Å². The topological polar surface area (TPSA) is 0 Å². The van der Waals surface area contributed by atoms with Crippen LogP contribution in [-0.2, 0) is 6.18 Å². The standard InChI is InChI=1S/C21H33F3P/c1-4-7-15-25(16-8-5-2,17-9-6-3)18-14-19-10-12-20(13-11-19)21(22,23)24/h10-14,18H,4-9,15-17H2,1-3H3/q+1/b18-14+. The predicted octanol–water partition coefficient (Wildman–Crippen LogP) is 8.09. The molecule has 142 valence electrons. The second kappa shape index (κ2) is 11.0. The minimum absolute atomic E-state index is 0.575. The number of rotatable bonds is 11. The van der Waals surface area contributed by atoms with Gasteiger partial charge in [0.1, 0.15) is 0 Å². The molecule has 0 saturated heterocycles. The Morgan fingerprint density at radius 2 is 1.24 bits per heavy atom. The minimum Gasteiger partial charge on any atom is -0.166 e. The summed E-state index contributed by atoms with van der Waals surface area (Å²) < 4.78 is 38.1. The fourth-order valence-corrected chi connectivity index (χ4v) is 7.45. The molecule has 0 heterocycles. The first-order valence-corrected chi connectivity index (χ1v) is 12.0. The lowest BCUT2D eigenvalue weighted by molar-refractivity contribution is -0.137. The molecule has 0 radical (unpaired) electrons. The van der Waals surface area contributed by atoms with Crippen LogP contribution in [-0.4, -0.2) is 18.5 Å². The Morgan fingerprint density at radius 1 is 0.800 bits per heavy atom. The van der Waals surface area contributed by atoms with Gasteiger partial charge in [0, 0.05) is 7.26 Å². The Bertz CT molecular complexity index is 481. The first kappa shape index (κ1) is 22.2. The molecular weight excluding hydrogens is 340 g/mol. The molecule has 25 heavy (non-hydrogen) atoms. The van der Waals surface area contributed by atoms with Crippen molar-refractivity contribution in [2.45, 2.75) is 65.5 Å². The molecule has 0 atom stereocenters. The summed E-state index contributed by atoms with van der Waals surface area (Å²) in [4.78, 5) is 0. The van der Waals surface area contributed by atoms with E-state index in [0.29, 0.717) is 0 Å². The van der Waals surface area contributed by atoms with Gasteiger partial charge in [0.15, 0.2) is 0 Å². The zero-order valence-electron chi connectivity index (χ0n) is 15.9.